The normalized spacial score (nSPS) is 12.7. The summed E-state index contributed by atoms with van der Waals surface area (Å²) in [4.78, 5) is 24.3. The number of hydrogen-bond acceptors (Lipinski definition) is 5. The van der Waals surface area contributed by atoms with Crippen LogP contribution in [0.1, 0.15) is 239 Å². The molecule has 0 amide bonds. The Balaban J connectivity index is 3.41. The van der Waals surface area contributed by atoms with E-state index in [1.807, 2.05) is 0 Å². The number of unbranched alkanes of at least 4 members (excludes halogenated alkanes) is 26. The van der Waals surface area contributed by atoms with Crippen molar-refractivity contribution in [3.8, 4) is 0 Å². The molecule has 0 bridgehead atoms. The van der Waals surface area contributed by atoms with Crippen LogP contribution in [0.3, 0.4) is 0 Å². The Morgan fingerprint density at radius 1 is 0.421 bits per heavy atom. The Labute approximate surface area is 353 Å². The molecule has 0 rings (SSSR count). The van der Waals surface area contributed by atoms with Gasteiger partial charge >= 0.3 is 11.9 Å². The van der Waals surface area contributed by atoms with Crippen molar-refractivity contribution < 1.29 is 24.2 Å². The molecule has 0 saturated heterocycles. The van der Waals surface area contributed by atoms with Crippen LogP contribution in [0.25, 0.3) is 0 Å². The summed E-state index contributed by atoms with van der Waals surface area (Å²) in [5, 5.41) is 9.57. The lowest BCUT2D eigenvalue weighted by Crippen LogP contribution is -2.28. The summed E-state index contributed by atoms with van der Waals surface area (Å²) in [6.45, 7) is 3.96. The van der Waals surface area contributed by atoms with Gasteiger partial charge < -0.3 is 14.6 Å². The van der Waals surface area contributed by atoms with Crippen molar-refractivity contribution in [3.05, 3.63) is 60.8 Å². The molecule has 0 spiro atoms. The lowest BCUT2D eigenvalue weighted by molar-refractivity contribution is -0.161. The molecule has 0 aromatic carbocycles. The average molecular weight is 797 g/mol. The Bertz CT molecular complexity index is 992. The summed E-state index contributed by atoms with van der Waals surface area (Å²) in [5.74, 6) is -0.598. The van der Waals surface area contributed by atoms with E-state index in [2.05, 4.69) is 74.6 Å². The fraction of sp³-hybridized carbons (Fsp3) is 0.769. The molecule has 0 aromatic rings. The topological polar surface area (TPSA) is 72.8 Å². The molecule has 57 heavy (non-hydrogen) atoms. The smallest absolute Gasteiger partial charge is 0.306 e. The Morgan fingerprint density at radius 2 is 0.754 bits per heavy atom. The van der Waals surface area contributed by atoms with E-state index >= 15 is 0 Å². The maximum atomic E-state index is 12.2. The third kappa shape index (κ3) is 46.2. The van der Waals surface area contributed by atoms with Crippen LogP contribution >= 0.6 is 0 Å². The number of carbonyl (C=O) groups is 2. The maximum absolute atomic E-state index is 12.2. The van der Waals surface area contributed by atoms with Crippen molar-refractivity contribution in [3.63, 3.8) is 0 Å². The molecular formula is C52H92O5. The Hall–Kier alpha value is -2.40. The zero-order valence-corrected chi connectivity index (χ0v) is 37.6. The van der Waals surface area contributed by atoms with E-state index in [1.54, 1.807) is 0 Å². The summed E-state index contributed by atoms with van der Waals surface area (Å²) in [5.41, 5.74) is 0. The van der Waals surface area contributed by atoms with Crippen LogP contribution < -0.4 is 0 Å². The van der Waals surface area contributed by atoms with E-state index in [0.717, 1.165) is 77.0 Å². The minimum absolute atomic E-state index is 0.0687. The first-order valence-corrected chi connectivity index (χ1v) is 24.3. The highest BCUT2D eigenvalue weighted by atomic mass is 16.6. The first-order valence-electron chi connectivity index (χ1n) is 24.3. The second-order valence-corrected chi connectivity index (χ2v) is 16.2. The van der Waals surface area contributed by atoms with E-state index in [9.17, 15) is 14.7 Å². The van der Waals surface area contributed by atoms with Gasteiger partial charge in [-0.05, 0) is 70.6 Å². The minimum Gasteiger partial charge on any atom is -0.462 e. The van der Waals surface area contributed by atoms with Gasteiger partial charge in [-0.3, -0.25) is 9.59 Å². The lowest BCUT2D eigenvalue weighted by atomic mass is 10.0. The molecule has 0 aromatic heterocycles. The van der Waals surface area contributed by atoms with Gasteiger partial charge in [-0.1, -0.05) is 216 Å². The summed E-state index contributed by atoms with van der Waals surface area (Å²) in [6.07, 6.45) is 63.4. The molecule has 0 heterocycles. The molecule has 5 nitrogen and oxygen atoms in total. The number of carbonyl (C=O) groups excluding carboxylic acids is 2. The zero-order chi connectivity index (χ0) is 41.4. The van der Waals surface area contributed by atoms with Gasteiger partial charge in [0.15, 0.2) is 6.10 Å². The van der Waals surface area contributed by atoms with Crippen LogP contribution in [0.5, 0.6) is 0 Å². The third-order valence-electron chi connectivity index (χ3n) is 10.5. The molecule has 0 aliphatic heterocycles. The van der Waals surface area contributed by atoms with E-state index in [0.29, 0.717) is 12.8 Å². The number of rotatable bonds is 44. The molecular weight excluding hydrogens is 705 g/mol. The predicted molar refractivity (Wildman–Crippen MR) is 247 cm³/mol. The number of aliphatic hydroxyl groups excluding tert-OH is 1. The fourth-order valence-electron chi connectivity index (χ4n) is 6.90. The lowest BCUT2D eigenvalue weighted by Gasteiger charge is -2.15. The summed E-state index contributed by atoms with van der Waals surface area (Å²) >= 11 is 0. The number of ether oxygens (including phenoxy) is 2. The van der Waals surface area contributed by atoms with Crippen molar-refractivity contribution in [1.29, 1.82) is 0 Å². The van der Waals surface area contributed by atoms with Gasteiger partial charge in [0.25, 0.3) is 0 Å². The third-order valence-corrected chi connectivity index (χ3v) is 10.5. The quantitative estimate of drug-likeness (QED) is 0.0378. The molecule has 1 atom stereocenters. The van der Waals surface area contributed by atoms with Gasteiger partial charge in [0, 0.05) is 12.8 Å². The van der Waals surface area contributed by atoms with Gasteiger partial charge in [-0.2, -0.15) is 0 Å². The van der Waals surface area contributed by atoms with Crippen LogP contribution in [-0.4, -0.2) is 36.4 Å². The standard InChI is InChI=1S/C52H92O5/c1-3-5-7-9-11-13-15-16-17-18-19-20-21-22-23-24-25-26-27-28-29-30-31-32-33-34-35-36-37-39-41-43-45-47-52(55)57-50(48-53)49-56-51(54)46-44-42-40-38-14-12-10-8-6-4-2/h5,7-8,10-11,13,16-17,19-20,50,53H,3-4,6,9,12,14-15,18,21-49H2,1-2H3/b7-5-,10-8-,13-11-,17-16-,20-19-. The van der Waals surface area contributed by atoms with Crippen molar-refractivity contribution in [1.82, 2.24) is 0 Å². The molecule has 330 valence electrons. The number of allylic oxidation sites excluding steroid dienone is 10. The van der Waals surface area contributed by atoms with Gasteiger partial charge in [0.05, 0.1) is 6.61 Å². The fourth-order valence-corrected chi connectivity index (χ4v) is 6.90. The zero-order valence-electron chi connectivity index (χ0n) is 37.6. The molecule has 0 aliphatic rings. The predicted octanol–water partition coefficient (Wildman–Crippen LogP) is 15.9. The minimum atomic E-state index is -0.772. The molecule has 0 saturated carbocycles. The molecule has 5 heteroatoms. The molecule has 1 N–H and O–H groups in total. The highest BCUT2D eigenvalue weighted by Gasteiger charge is 2.16. The van der Waals surface area contributed by atoms with E-state index in [1.165, 1.54) is 135 Å². The Morgan fingerprint density at radius 3 is 1.16 bits per heavy atom. The van der Waals surface area contributed by atoms with Crippen molar-refractivity contribution in [2.24, 2.45) is 0 Å². The largest absolute Gasteiger partial charge is 0.462 e. The average Bonchev–Trinajstić information content (AvgIpc) is 3.21. The highest BCUT2D eigenvalue weighted by molar-refractivity contribution is 5.70. The van der Waals surface area contributed by atoms with Crippen molar-refractivity contribution >= 4 is 11.9 Å². The first-order chi connectivity index (χ1) is 28.1. The molecule has 0 radical (unpaired) electrons. The number of aliphatic hydroxyl groups is 1. The van der Waals surface area contributed by atoms with Crippen LogP contribution in [-0.2, 0) is 19.1 Å². The van der Waals surface area contributed by atoms with Gasteiger partial charge in [-0.25, -0.2) is 0 Å². The summed E-state index contributed by atoms with van der Waals surface area (Å²) in [6, 6.07) is 0. The molecule has 0 aliphatic carbocycles. The van der Waals surface area contributed by atoms with Crippen molar-refractivity contribution in [2.45, 2.75) is 245 Å². The second-order valence-electron chi connectivity index (χ2n) is 16.2. The molecule has 0 fully saturated rings. The van der Waals surface area contributed by atoms with Gasteiger partial charge in [0.2, 0.25) is 0 Å². The van der Waals surface area contributed by atoms with Crippen molar-refractivity contribution in [2.75, 3.05) is 13.2 Å². The monoisotopic (exact) mass is 797 g/mol. The number of hydrogen-bond donors (Lipinski definition) is 1. The maximum Gasteiger partial charge on any atom is 0.306 e. The van der Waals surface area contributed by atoms with E-state index in [-0.39, 0.29) is 25.2 Å². The van der Waals surface area contributed by atoms with E-state index < -0.39 is 6.10 Å². The first kappa shape index (κ1) is 54.6. The summed E-state index contributed by atoms with van der Waals surface area (Å²) in [7, 11) is 0. The van der Waals surface area contributed by atoms with E-state index in [4.69, 9.17) is 9.47 Å². The molecule has 1 unspecified atom stereocenters. The SMILES string of the molecule is CC/C=C\C/C=C\C/C=C\C/C=C\CCCCCCCCCCCCCCCCCCCCCCC(=O)OC(CO)COC(=O)CCCCCCC/C=C\CCC. The van der Waals surface area contributed by atoms with Crippen LogP contribution in [0.4, 0.5) is 0 Å². The highest BCUT2D eigenvalue weighted by Crippen LogP contribution is 2.16. The van der Waals surface area contributed by atoms with Crippen LogP contribution in [0, 0.1) is 0 Å². The van der Waals surface area contributed by atoms with Gasteiger partial charge in [-0.15, -0.1) is 0 Å². The van der Waals surface area contributed by atoms with Crippen LogP contribution in [0.15, 0.2) is 60.8 Å². The van der Waals surface area contributed by atoms with Crippen LogP contribution in [0.2, 0.25) is 0 Å². The van der Waals surface area contributed by atoms with Gasteiger partial charge in [0.1, 0.15) is 6.61 Å². The summed E-state index contributed by atoms with van der Waals surface area (Å²) < 4.78 is 10.6. The number of esters is 2. The second kappa shape index (κ2) is 48.0. The Kier molecular flexibility index (Phi) is 46.0.